The molecule has 2 N–H and O–H groups in total. The van der Waals surface area contributed by atoms with E-state index < -0.39 is 5.97 Å². The van der Waals surface area contributed by atoms with Crippen molar-refractivity contribution in [3.8, 4) is 22.3 Å². The zero-order valence-electron chi connectivity index (χ0n) is 15.7. The Labute approximate surface area is 178 Å². The zero-order chi connectivity index (χ0) is 20.8. The van der Waals surface area contributed by atoms with Crippen molar-refractivity contribution in [3.05, 3.63) is 75.1 Å². The van der Waals surface area contributed by atoms with E-state index in [1.807, 2.05) is 54.8 Å². The molecule has 0 fully saturated rings. The maximum atomic E-state index is 10.5. The first-order valence-electron chi connectivity index (χ1n) is 8.89. The van der Waals surface area contributed by atoms with Crippen LogP contribution in [0.2, 0.25) is 5.02 Å². The van der Waals surface area contributed by atoms with Crippen LogP contribution in [0.5, 0.6) is 5.06 Å². The number of benzene rings is 2. The first kappa shape index (κ1) is 20.9. The van der Waals surface area contributed by atoms with Crippen LogP contribution >= 0.6 is 22.9 Å². The third kappa shape index (κ3) is 5.36. The average molecular weight is 427 g/mol. The lowest BCUT2D eigenvalue weighted by Crippen LogP contribution is -2.21. The minimum atomic E-state index is -0.883. The van der Waals surface area contributed by atoms with Crippen molar-refractivity contribution in [2.45, 2.75) is 20.1 Å². The molecule has 0 spiro atoms. The van der Waals surface area contributed by atoms with Gasteiger partial charge in [-0.15, -0.1) is 11.3 Å². The number of halogens is 1. The molecule has 3 aromatic rings. The van der Waals surface area contributed by atoms with E-state index in [1.54, 1.807) is 0 Å². The smallest absolute Gasteiger partial charge is 0.317 e. The van der Waals surface area contributed by atoms with Gasteiger partial charge in [0.1, 0.15) is 18.2 Å². The normalized spacial score (nSPS) is 10.5. The minimum absolute atomic E-state index is 0.0747. The molecule has 29 heavy (non-hydrogen) atoms. The van der Waals surface area contributed by atoms with Crippen LogP contribution in [0.15, 0.2) is 47.8 Å². The van der Waals surface area contributed by atoms with Gasteiger partial charge in [-0.25, -0.2) is 0 Å². The molecule has 0 aliphatic heterocycles. The lowest BCUT2D eigenvalue weighted by molar-refractivity contribution is -0.135. The van der Waals surface area contributed by atoms with Gasteiger partial charge in [-0.3, -0.25) is 4.79 Å². The number of carbonyl (C=O) groups is 1. The number of hydrogen-bond donors (Lipinski definition) is 2. The molecule has 0 atom stereocenters. The van der Waals surface area contributed by atoms with Gasteiger partial charge in [0.2, 0.25) is 0 Å². The lowest BCUT2D eigenvalue weighted by Gasteiger charge is -2.07. The van der Waals surface area contributed by atoms with Crippen molar-refractivity contribution in [1.82, 2.24) is 5.32 Å². The first-order valence-corrected chi connectivity index (χ1v) is 10.1. The zero-order valence-corrected chi connectivity index (χ0v) is 17.3. The Bertz CT molecular complexity index is 1050. The van der Waals surface area contributed by atoms with Crippen LogP contribution in [0, 0.1) is 18.3 Å². The molecule has 0 radical (unpaired) electrons. The molecule has 0 aliphatic carbocycles. The van der Waals surface area contributed by atoms with Crippen LogP contribution < -0.4 is 10.1 Å². The van der Waals surface area contributed by atoms with Crippen molar-refractivity contribution in [2.24, 2.45) is 0 Å². The molecule has 3 rings (SSSR count). The molecule has 0 saturated carbocycles. The first-order chi connectivity index (χ1) is 14.0. The number of nitriles is 1. The monoisotopic (exact) mass is 426 g/mol. The summed E-state index contributed by atoms with van der Waals surface area (Å²) in [5, 5.41) is 24.3. The van der Waals surface area contributed by atoms with E-state index >= 15 is 0 Å². The molecule has 0 unspecified atom stereocenters. The fourth-order valence-corrected chi connectivity index (χ4v) is 3.80. The average Bonchev–Trinajstić information content (AvgIpc) is 3.12. The van der Waals surface area contributed by atoms with Crippen molar-refractivity contribution < 1.29 is 14.6 Å². The van der Waals surface area contributed by atoms with Crippen molar-refractivity contribution >= 4 is 28.9 Å². The number of nitrogens with one attached hydrogen (secondary N) is 1. The van der Waals surface area contributed by atoms with Crippen LogP contribution in [0.4, 0.5) is 0 Å². The standard InChI is InChI=1S/C22H19ClN2O3S/c1-14-2-7-17(8-20(14)23)19-13-29-22(18(19)9-24)28-12-16-5-3-15(4-6-16)10-25-11-21(26)27/h2-8,13,25H,10-12H2,1H3,(H,26,27). The fraction of sp³-hybridized carbons (Fsp3) is 0.182. The Kier molecular flexibility index (Phi) is 6.89. The van der Waals surface area contributed by atoms with Crippen molar-refractivity contribution in [3.63, 3.8) is 0 Å². The summed E-state index contributed by atoms with van der Waals surface area (Å²) in [6.07, 6.45) is 0. The number of carboxylic acid groups (broad SMARTS) is 1. The number of thiophene rings is 1. The SMILES string of the molecule is Cc1ccc(-c2csc(OCc3ccc(CNCC(=O)O)cc3)c2C#N)cc1Cl. The second kappa shape index (κ2) is 9.57. The molecule has 7 heteroatoms. The van der Waals surface area contributed by atoms with Gasteiger partial charge in [-0.1, -0.05) is 48.0 Å². The number of aliphatic carboxylic acids is 1. The molecule has 0 saturated heterocycles. The highest BCUT2D eigenvalue weighted by atomic mass is 35.5. The summed E-state index contributed by atoms with van der Waals surface area (Å²) in [5.41, 5.74) is 5.15. The summed E-state index contributed by atoms with van der Waals surface area (Å²) in [4.78, 5) is 10.5. The number of hydrogen-bond acceptors (Lipinski definition) is 5. The Hall–Kier alpha value is -2.85. The van der Waals surface area contributed by atoms with E-state index in [-0.39, 0.29) is 6.54 Å². The van der Waals surface area contributed by atoms with Gasteiger partial charge in [-0.2, -0.15) is 5.26 Å². The maximum Gasteiger partial charge on any atom is 0.317 e. The topological polar surface area (TPSA) is 82.3 Å². The largest absolute Gasteiger partial charge is 0.480 e. The van der Waals surface area contributed by atoms with E-state index in [4.69, 9.17) is 21.4 Å². The summed E-state index contributed by atoms with van der Waals surface area (Å²) >= 11 is 7.61. The van der Waals surface area contributed by atoms with Crippen LogP contribution in [-0.4, -0.2) is 17.6 Å². The Morgan fingerprint density at radius 3 is 2.62 bits per heavy atom. The summed E-state index contributed by atoms with van der Waals surface area (Å²) in [6.45, 7) is 2.69. The van der Waals surface area contributed by atoms with Gasteiger partial charge < -0.3 is 15.2 Å². The molecule has 5 nitrogen and oxygen atoms in total. The third-order valence-electron chi connectivity index (χ3n) is 4.35. The number of nitrogens with zero attached hydrogens (tertiary/aromatic N) is 1. The summed E-state index contributed by atoms with van der Waals surface area (Å²) < 4.78 is 5.89. The van der Waals surface area contributed by atoms with Crippen LogP contribution in [0.1, 0.15) is 22.3 Å². The predicted octanol–water partition coefficient (Wildman–Crippen LogP) is 5.00. The van der Waals surface area contributed by atoms with Gasteiger partial charge in [0.15, 0.2) is 5.06 Å². The molecule has 148 valence electrons. The summed E-state index contributed by atoms with van der Waals surface area (Å²) in [6, 6.07) is 15.7. The lowest BCUT2D eigenvalue weighted by atomic mass is 10.0. The summed E-state index contributed by atoms with van der Waals surface area (Å²) in [5.74, 6) is -0.883. The third-order valence-corrected chi connectivity index (χ3v) is 5.65. The molecule has 0 aliphatic rings. The molecule has 1 heterocycles. The Morgan fingerprint density at radius 1 is 1.24 bits per heavy atom. The van der Waals surface area contributed by atoms with Crippen LogP contribution in [0.3, 0.4) is 0 Å². The molecule has 0 bridgehead atoms. The molecular weight excluding hydrogens is 408 g/mol. The van der Waals surface area contributed by atoms with Gasteiger partial charge in [0.05, 0.1) is 6.54 Å². The highest BCUT2D eigenvalue weighted by Gasteiger charge is 2.15. The maximum absolute atomic E-state index is 10.5. The van der Waals surface area contributed by atoms with Crippen LogP contribution in [0.25, 0.3) is 11.1 Å². The molecule has 0 amide bonds. The van der Waals surface area contributed by atoms with E-state index in [2.05, 4.69) is 11.4 Å². The van der Waals surface area contributed by atoms with E-state index in [0.717, 1.165) is 27.8 Å². The molecule has 2 aromatic carbocycles. The Morgan fingerprint density at radius 2 is 1.97 bits per heavy atom. The van der Waals surface area contributed by atoms with Gasteiger partial charge in [-0.05, 0) is 35.2 Å². The quantitative estimate of drug-likeness (QED) is 0.529. The minimum Gasteiger partial charge on any atom is -0.480 e. The number of aryl methyl sites for hydroxylation is 1. The highest BCUT2D eigenvalue weighted by Crippen LogP contribution is 2.38. The van der Waals surface area contributed by atoms with Crippen molar-refractivity contribution in [1.29, 1.82) is 5.26 Å². The van der Waals surface area contributed by atoms with E-state index in [1.165, 1.54) is 11.3 Å². The highest BCUT2D eigenvalue weighted by molar-refractivity contribution is 7.12. The van der Waals surface area contributed by atoms with Gasteiger partial charge >= 0.3 is 5.97 Å². The van der Waals surface area contributed by atoms with E-state index in [0.29, 0.717) is 28.8 Å². The summed E-state index contributed by atoms with van der Waals surface area (Å²) in [7, 11) is 0. The molecule has 1 aromatic heterocycles. The Balaban J connectivity index is 1.67. The molecular formula is C22H19ClN2O3S. The predicted molar refractivity (Wildman–Crippen MR) is 114 cm³/mol. The van der Waals surface area contributed by atoms with Gasteiger partial charge in [0, 0.05) is 22.5 Å². The second-order valence-corrected chi connectivity index (χ2v) is 7.74. The number of carboxylic acids is 1. The van der Waals surface area contributed by atoms with E-state index in [9.17, 15) is 10.1 Å². The van der Waals surface area contributed by atoms with Crippen molar-refractivity contribution in [2.75, 3.05) is 6.54 Å². The van der Waals surface area contributed by atoms with Gasteiger partial charge in [0.25, 0.3) is 0 Å². The second-order valence-electron chi connectivity index (χ2n) is 6.49. The number of ether oxygens (including phenoxy) is 1. The van der Waals surface area contributed by atoms with Crippen LogP contribution in [-0.2, 0) is 17.9 Å². The fourth-order valence-electron chi connectivity index (χ4n) is 2.74. The number of rotatable bonds is 8.